The highest BCUT2D eigenvalue weighted by Crippen LogP contribution is 2.11. The standard InChI is InChI=1S/C10H20N2O4/c1-10(2,3)16-9(15)12-5-4-11-7(6-12)8(13)14/h7-8,11,13-14H,4-6H2,1-3H3. The van der Waals surface area contributed by atoms with Gasteiger partial charge < -0.3 is 25.2 Å². The summed E-state index contributed by atoms with van der Waals surface area (Å²) in [5, 5.41) is 21.0. The zero-order chi connectivity index (χ0) is 12.3. The van der Waals surface area contributed by atoms with Crippen molar-refractivity contribution in [2.75, 3.05) is 19.6 Å². The highest BCUT2D eigenvalue weighted by atomic mass is 16.6. The quantitative estimate of drug-likeness (QED) is 0.531. The first-order chi connectivity index (χ1) is 7.29. The third-order valence-electron chi connectivity index (χ3n) is 2.22. The SMILES string of the molecule is CC(C)(C)OC(=O)N1CCNC(C(O)O)C1. The topological polar surface area (TPSA) is 82.0 Å². The lowest BCUT2D eigenvalue weighted by Crippen LogP contribution is -2.57. The first-order valence-electron chi connectivity index (χ1n) is 5.37. The Kier molecular flexibility index (Phi) is 4.12. The molecule has 1 fully saturated rings. The van der Waals surface area contributed by atoms with Crippen LogP contribution in [0.5, 0.6) is 0 Å². The Bertz CT molecular complexity index is 250. The first kappa shape index (κ1) is 13.2. The van der Waals surface area contributed by atoms with Crippen molar-refractivity contribution in [2.45, 2.75) is 38.7 Å². The summed E-state index contributed by atoms with van der Waals surface area (Å²) >= 11 is 0. The second-order valence-electron chi connectivity index (χ2n) is 4.90. The van der Waals surface area contributed by atoms with E-state index >= 15 is 0 Å². The van der Waals surface area contributed by atoms with E-state index in [1.807, 2.05) is 0 Å². The minimum Gasteiger partial charge on any atom is -0.444 e. The Hall–Kier alpha value is -0.850. The highest BCUT2D eigenvalue weighted by Gasteiger charge is 2.29. The largest absolute Gasteiger partial charge is 0.444 e. The maximum Gasteiger partial charge on any atom is 0.410 e. The lowest BCUT2D eigenvalue weighted by atomic mass is 10.2. The summed E-state index contributed by atoms with van der Waals surface area (Å²) in [7, 11) is 0. The molecule has 1 heterocycles. The summed E-state index contributed by atoms with van der Waals surface area (Å²) in [6.45, 7) is 6.68. The summed E-state index contributed by atoms with van der Waals surface area (Å²) in [6, 6.07) is -0.513. The van der Waals surface area contributed by atoms with Crippen molar-refractivity contribution in [2.24, 2.45) is 0 Å². The number of nitrogens with zero attached hydrogens (tertiary/aromatic N) is 1. The fourth-order valence-corrected chi connectivity index (χ4v) is 1.47. The number of nitrogens with one attached hydrogen (secondary N) is 1. The van der Waals surface area contributed by atoms with Crippen LogP contribution >= 0.6 is 0 Å². The smallest absolute Gasteiger partial charge is 0.410 e. The maximum absolute atomic E-state index is 11.7. The molecule has 0 aromatic heterocycles. The molecule has 0 radical (unpaired) electrons. The van der Waals surface area contributed by atoms with Gasteiger partial charge in [0.05, 0.1) is 6.04 Å². The van der Waals surface area contributed by atoms with Gasteiger partial charge in [-0.1, -0.05) is 0 Å². The van der Waals surface area contributed by atoms with Gasteiger partial charge in [-0.05, 0) is 20.8 Å². The van der Waals surface area contributed by atoms with Crippen LogP contribution < -0.4 is 5.32 Å². The third kappa shape index (κ3) is 3.96. The molecule has 1 amide bonds. The van der Waals surface area contributed by atoms with Crippen molar-refractivity contribution in [3.63, 3.8) is 0 Å². The van der Waals surface area contributed by atoms with Crippen LogP contribution in [0.2, 0.25) is 0 Å². The molecule has 1 unspecified atom stereocenters. The molecule has 1 atom stereocenters. The average Bonchev–Trinajstić information content (AvgIpc) is 2.15. The minimum absolute atomic E-state index is 0.243. The van der Waals surface area contributed by atoms with Gasteiger partial charge in [0.1, 0.15) is 5.60 Å². The number of hydrogen-bond donors (Lipinski definition) is 3. The van der Waals surface area contributed by atoms with Crippen LogP contribution in [-0.4, -0.2) is 58.8 Å². The molecule has 1 saturated heterocycles. The van der Waals surface area contributed by atoms with Crippen molar-refractivity contribution in [1.29, 1.82) is 0 Å². The molecule has 0 spiro atoms. The van der Waals surface area contributed by atoms with Gasteiger partial charge in [-0.15, -0.1) is 0 Å². The highest BCUT2D eigenvalue weighted by molar-refractivity contribution is 5.68. The number of amides is 1. The second-order valence-corrected chi connectivity index (χ2v) is 4.90. The Morgan fingerprint density at radius 1 is 1.50 bits per heavy atom. The van der Waals surface area contributed by atoms with Gasteiger partial charge in [-0.3, -0.25) is 0 Å². The van der Waals surface area contributed by atoms with Crippen LogP contribution in [0.4, 0.5) is 4.79 Å². The molecule has 3 N–H and O–H groups in total. The van der Waals surface area contributed by atoms with Crippen LogP contribution in [0.1, 0.15) is 20.8 Å². The Balaban J connectivity index is 2.50. The average molecular weight is 232 g/mol. The number of aliphatic hydroxyl groups is 2. The molecule has 94 valence electrons. The van der Waals surface area contributed by atoms with E-state index < -0.39 is 24.0 Å². The second kappa shape index (κ2) is 4.99. The molecule has 1 rings (SSSR count). The van der Waals surface area contributed by atoms with Crippen LogP contribution in [-0.2, 0) is 4.74 Å². The van der Waals surface area contributed by atoms with Crippen LogP contribution in [0.3, 0.4) is 0 Å². The molecular formula is C10H20N2O4. The van der Waals surface area contributed by atoms with Crippen molar-refractivity contribution in [3.05, 3.63) is 0 Å². The van der Waals surface area contributed by atoms with Gasteiger partial charge in [0.25, 0.3) is 0 Å². The monoisotopic (exact) mass is 232 g/mol. The van der Waals surface area contributed by atoms with E-state index in [9.17, 15) is 4.79 Å². The number of aliphatic hydroxyl groups excluding tert-OH is 1. The number of piperazine rings is 1. The Morgan fingerprint density at radius 2 is 2.12 bits per heavy atom. The lowest BCUT2D eigenvalue weighted by Gasteiger charge is -2.35. The zero-order valence-electron chi connectivity index (χ0n) is 9.93. The predicted molar refractivity (Wildman–Crippen MR) is 57.8 cm³/mol. The van der Waals surface area contributed by atoms with Gasteiger partial charge in [0.2, 0.25) is 0 Å². The maximum atomic E-state index is 11.7. The van der Waals surface area contributed by atoms with Crippen LogP contribution in [0, 0.1) is 0 Å². The van der Waals surface area contributed by atoms with Crippen molar-refractivity contribution >= 4 is 6.09 Å². The predicted octanol–water partition coefficient (Wildman–Crippen LogP) is -0.494. The number of rotatable bonds is 1. The number of ether oxygens (including phenoxy) is 1. The summed E-state index contributed by atoms with van der Waals surface area (Å²) in [5.74, 6) is 0. The molecule has 0 aromatic rings. The normalized spacial score (nSPS) is 22.4. The lowest BCUT2D eigenvalue weighted by molar-refractivity contribution is -0.0799. The van der Waals surface area contributed by atoms with Gasteiger partial charge in [-0.25, -0.2) is 4.79 Å². The molecule has 1 aliphatic heterocycles. The molecular weight excluding hydrogens is 212 g/mol. The molecule has 1 aliphatic rings. The van der Waals surface area contributed by atoms with E-state index in [1.165, 1.54) is 4.90 Å². The van der Waals surface area contributed by atoms with Crippen molar-refractivity contribution in [1.82, 2.24) is 10.2 Å². The summed E-state index contributed by atoms with van der Waals surface area (Å²) in [6.07, 6.45) is -1.88. The Labute approximate surface area is 95.2 Å². The number of carbonyl (C=O) groups is 1. The van der Waals surface area contributed by atoms with Crippen molar-refractivity contribution < 1.29 is 19.7 Å². The van der Waals surface area contributed by atoms with Gasteiger partial charge in [0, 0.05) is 19.6 Å². The summed E-state index contributed by atoms with van der Waals surface area (Å²) in [5.41, 5.74) is -0.532. The molecule has 0 saturated carbocycles. The summed E-state index contributed by atoms with van der Waals surface area (Å²) < 4.78 is 5.20. The molecule has 0 bridgehead atoms. The molecule has 16 heavy (non-hydrogen) atoms. The Morgan fingerprint density at radius 3 is 2.62 bits per heavy atom. The fraction of sp³-hybridized carbons (Fsp3) is 0.900. The molecule has 6 nitrogen and oxygen atoms in total. The fourth-order valence-electron chi connectivity index (χ4n) is 1.47. The van der Waals surface area contributed by atoms with E-state index in [2.05, 4.69) is 5.32 Å². The van der Waals surface area contributed by atoms with Crippen molar-refractivity contribution in [3.8, 4) is 0 Å². The van der Waals surface area contributed by atoms with Gasteiger partial charge in [-0.2, -0.15) is 0 Å². The molecule has 0 aromatic carbocycles. The first-order valence-corrected chi connectivity index (χ1v) is 5.37. The van der Waals surface area contributed by atoms with E-state index in [0.717, 1.165) is 0 Å². The van der Waals surface area contributed by atoms with E-state index in [-0.39, 0.29) is 6.54 Å². The van der Waals surface area contributed by atoms with Crippen LogP contribution in [0.15, 0.2) is 0 Å². The summed E-state index contributed by atoms with van der Waals surface area (Å²) in [4.78, 5) is 13.2. The van der Waals surface area contributed by atoms with E-state index in [1.54, 1.807) is 20.8 Å². The minimum atomic E-state index is -1.47. The molecule has 0 aliphatic carbocycles. The van der Waals surface area contributed by atoms with Gasteiger partial charge >= 0.3 is 6.09 Å². The zero-order valence-corrected chi connectivity index (χ0v) is 9.93. The van der Waals surface area contributed by atoms with Crippen LogP contribution in [0.25, 0.3) is 0 Å². The van der Waals surface area contributed by atoms with Gasteiger partial charge in [0.15, 0.2) is 6.29 Å². The van der Waals surface area contributed by atoms with E-state index in [0.29, 0.717) is 13.1 Å². The molecule has 6 heteroatoms. The number of carbonyl (C=O) groups excluding carboxylic acids is 1. The van der Waals surface area contributed by atoms with E-state index in [4.69, 9.17) is 14.9 Å². The third-order valence-corrected chi connectivity index (χ3v) is 2.22. The number of hydrogen-bond acceptors (Lipinski definition) is 5.